The Hall–Kier alpha value is -2.41. The number of rotatable bonds is 4. The van der Waals surface area contributed by atoms with Crippen molar-refractivity contribution < 1.29 is 18.8 Å². The largest absolute Gasteiger partial charge is 0.495 e. The monoisotopic (exact) mass is 437 g/mol. The molecule has 4 rings (SSSR count). The standard InChI is InChI=1S/C24H25BClNO4/c1-6-29-22(28)18-13-19(25-30-23(2,3)24(4,5)31-25)17(14-20(18)26)16-11-7-9-15-10-8-12-27-21(15)16/h7-14H,6H2,1-5H3. The number of ether oxygens (including phenoxy) is 1. The summed E-state index contributed by atoms with van der Waals surface area (Å²) in [4.78, 5) is 17.1. The summed E-state index contributed by atoms with van der Waals surface area (Å²) in [6.07, 6.45) is 1.76. The van der Waals surface area contributed by atoms with Gasteiger partial charge in [-0.15, -0.1) is 0 Å². The second kappa shape index (κ2) is 7.94. The number of esters is 1. The van der Waals surface area contributed by atoms with Gasteiger partial charge in [0.2, 0.25) is 0 Å². The van der Waals surface area contributed by atoms with Gasteiger partial charge in [0.15, 0.2) is 0 Å². The third-order valence-corrected chi connectivity index (χ3v) is 6.38. The number of aromatic nitrogens is 1. The van der Waals surface area contributed by atoms with Crippen molar-refractivity contribution in [2.24, 2.45) is 0 Å². The first kappa shape index (κ1) is 21.8. The van der Waals surface area contributed by atoms with Gasteiger partial charge in [0, 0.05) is 17.1 Å². The van der Waals surface area contributed by atoms with Crippen molar-refractivity contribution in [3.8, 4) is 11.1 Å². The highest BCUT2D eigenvalue weighted by atomic mass is 35.5. The van der Waals surface area contributed by atoms with E-state index in [1.807, 2.05) is 58.0 Å². The molecule has 0 radical (unpaired) electrons. The molecule has 1 aliphatic rings. The predicted octanol–water partition coefficient (Wildman–Crippen LogP) is 5.03. The Kier molecular flexibility index (Phi) is 5.58. The Bertz CT molecular complexity index is 1140. The second-order valence-corrected chi connectivity index (χ2v) is 9.02. The van der Waals surface area contributed by atoms with Crippen molar-refractivity contribution >= 4 is 41.1 Å². The molecular weight excluding hydrogens is 413 g/mol. The predicted molar refractivity (Wildman–Crippen MR) is 124 cm³/mol. The third kappa shape index (κ3) is 3.84. The number of hydrogen-bond donors (Lipinski definition) is 0. The van der Waals surface area contributed by atoms with Crippen LogP contribution in [0.2, 0.25) is 5.02 Å². The molecule has 160 valence electrons. The summed E-state index contributed by atoms with van der Waals surface area (Å²) in [6, 6.07) is 13.4. The molecule has 0 aliphatic carbocycles. The van der Waals surface area contributed by atoms with E-state index in [-0.39, 0.29) is 12.2 Å². The lowest BCUT2D eigenvalue weighted by molar-refractivity contribution is 0.00578. The zero-order valence-corrected chi connectivity index (χ0v) is 19.1. The first-order valence-corrected chi connectivity index (χ1v) is 10.7. The van der Waals surface area contributed by atoms with Crippen LogP contribution in [-0.2, 0) is 14.0 Å². The van der Waals surface area contributed by atoms with Gasteiger partial charge in [-0.05, 0) is 63.8 Å². The fourth-order valence-corrected chi connectivity index (χ4v) is 3.92. The Labute approximate surface area is 187 Å². The van der Waals surface area contributed by atoms with Gasteiger partial charge >= 0.3 is 13.1 Å². The molecule has 0 amide bonds. The highest BCUT2D eigenvalue weighted by Crippen LogP contribution is 2.38. The lowest BCUT2D eigenvalue weighted by atomic mass is 9.73. The molecule has 0 unspecified atom stereocenters. The van der Waals surface area contributed by atoms with E-state index in [4.69, 9.17) is 25.6 Å². The Morgan fingerprint density at radius 3 is 2.42 bits per heavy atom. The Morgan fingerprint density at radius 1 is 1.06 bits per heavy atom. The van der Waals surface area contributed by atoms with Crippen LogP contribution in [0.3, 0.4) is 0 Å². The molecule has 0 N–H and O–H groups in total. The molecule has 2 aromatic carbocycles. The number of benzene rings is 2. The minimum absolute atomic E-state index is 0.260. The summed E-state index contributed by atoms with van der Waals surface area (Å²) in [7, 11) is -0.676. The van der Waals surface area contributed by atoms with E-state index < -0.39 is 24.3 Å². The van der Waals surface area contributed by atoms with Crippen molar-refractivity contribution in [1.29, 1.82) is 0 Å². The summed E-state index contributed by atoms with van der Waals surface area (Å²) in [5.74, 6) is -0.479. The van der Waals surface area contributed by atoms with Gasteiger partial charge in [-0.2, -0.15) is 0 Å². The maximum Gasteiger partial charge on any atom is 0.495 e. The molecule has 7 heteroatoms. The summed E-state index contributed by atoms with van der Waals surface area (Å²) in [6.45, 7) is 10.00. The number of carbonyl (C=O) groups is 1. The zero-order chi connectivity index (χ0) is 22.4. The van der Waals surface area contributed by atoms with Crippen LogP contribution in [0.5, 0.6) is 0 Å². The van der Waals surface area contributed by atoms with E-state index in [1.165, 1.54) is 0 Å². The number of halogens is 1. The van der Waals surface area contributed by atoms with Crippen molar-refractivity contribution in [1.82, 2.24) is 4.98 Å². The molecule has 1 aliphatic heterocycles. The Balaban J connectivity index is 1.95. The smallest absolute Gasteiger partial charge is 0.462 e. The average molecular weight is 438 g/mol. The second-order valence-electron chi connectivity index (χ2n) is 8.61. The van der Waals surface area contributed by atoms with Gasteiger partial charge in [-0.25, -0.2) is 4.79 Å². The van der Waals surface area contributed by atoms with Crippen LogP contribution >= 0.6 is 11.6 Å². The normalized spacial score (nSPS) is 17.2. The lowest BCUT2D eigenvalue weighted by Crippen LogP contribution is -2.41. The van der Waals surface area contributed by atoms with Crippen LogP contribution in [0.25, 0.3) is 22.0 Å². The molecule has 1 fully saturated rings. The van der Waals surface area contributed by atoms with E-state index in [2.05, 4.69) is 4.98 Å². The molecule has 1 aromatic heterocycles. The molecule has 31 heavy (non-hydrogen) atoms. The van der Waals surface area contributed by atoms with Crippen molar-refractivity contribution in [2.45, 2.75) is 45.8 Å². The minimum atomic E-state index is -0.676. The maximum absolute atomic E-state index is 12.5. The van der Waals surface area contributed by atoms with Crippen LogP contribution in [0.4, 0.5) is 0 Å². The third-order valence-electron chi connectivity index (χ3n) is 6.06. The molecule has 0 spiro atoms. The molecular formula is C24H25BClNO4. The maximum atomic E-state index is 12.5. The highest BCUT2D eigenvalue weighted by Gasteiger charge is 2.52. The summed E-state index contributed by atoms with van der Waals surface area (Å²) < 4.78 is 17.8. The van der Waals surface area contributed by atoms with Crippen LogP contribution in [-0.4, -0.2) is 35.9 Å². The van der Waals surface area contributed by atoms with Crippen LogP contribution in [0.1, 0.15) is 45.0 Å². The van der Waals surface area contributed by atoms with Gasteiger partial charge in [0.05, 0.1) is 33.9 Å². The molecule has 1 saturated heterocycles. The summed E-state index contributed by atoms with van der Waals surface area (Å²) in [5, 5.41) is 1.31. The number of pyridine rings is 1. The first-order valence-electron chi connectivity index (χ1n) is 10.3. The molecule has 2 heterocycles. The van der Waals surface area contributed by atoms with Gasteiger partial charge < -0.3 is 14.0 Å². The average Bonchev–Trinajstić information content (AvgIpc) is 2.94. The van der Waals surface area contributed by atoms with Gasteiger partial charge in [-0.3, -0.25) is 4.98 Å². The van der Waals surface area contributed by atoms with Crippen molar-refractivity contribution in [3.63, 3.8) is 0 Å². The number of hydrogen-bond acceptors (Lipinski definition) is 5. The van der Waals surface area contributed by atoms with E-state index >= 15 is 0 Å². The first-order chi connectivity index (χ1) is 14.6. The van der Waals surface area contributed by atoms with Crippen molar-refractivity contribution in [2.75, 3.05) is 6.61 Å². The van der Waals surface area contributed by atoms with Crippen molar-refractivity contribution in [3.05, 3.63) is 59.2 Å². The molecule has 5 nitrogen and oxygen atoms in total. The molecule has 0 atom stereocenters. The number of nitrogens with zero attached hydrogens (tertiary/aromatic N) is 1. The summed E-state index contributed by atoms with van der Waals surface area (Å²) in [5.41, 5.74) is 2.46. The van der Waals surface area contributed by atoms with E-state index in [0.29, 0.717) is 10.5 Å². The quantitative estimate of drug-likeness (QED) is 0.423. The number of fused-ring (bicyclic) bond motifs is 1. The van der Waals surface area contributed by atoms with E-state index in [9.17, 15) is 4.79 Å². The van der Waals surface area contributed by atoms with Gasteiger partial charge in [0.25, 0.3) is 0 Å². The number of para-hydroxylation sites is 1. The minimum Gasteiger partial charge on any atom is -0.462 e. The number of carbonyl (C=O) groups excluding carboxylic acids is 1. The molecule has 0 bridgehead atoms. The fourth-order valence-electron chi connectivity index (χ4n) is 3.68. The van der Waals surface area contributed by atoms with E-state index in [0.717, 1.165) is 22.0 Å². The zero-order valence-electron chi connectivity index (χ0n) is 18.4. The topological polar surface area (TPSA) is 57.7 Å². The summed E-state index contributed by atoms with van der Waals surface area (Å²) >= 11 is 6.55. The molecule has 0 saturated carbocycles. The fraction of sp³-hybridized carbons (Fsp3) is 0.333. The SMILES string of the molecule is CCOC(=O)c1cc(B2OC(C)(C)C(C)(C)O2)c(-c2cccc3cccnc23)cc1Cl. The van der Waals surface area contributed by atoms with Crippen LogP contribution < -0.4 is 5.46 Å². The highest BCUT2D eigenvalue weighted by molar-refractivity contribution is 6.64. The van der Waals surface area contributed by atoms with Crippen LogP contribution in [0, 0.1) is 0 Å². The molecule has 3 aromatic rings. The Morgan fingerprint density at radius 2 is 1.74 bits per heavy atom. The van der Waals surface area contributed by atoms with E-state index in [1.54, 1.807) is 25.3 Å². The van der Waals surface area contributed by atoms with Crippen LogP contribution in [0.15, 0.2) is 48.7 Å². The lowest BCUT2D eigenvalue weighted by Gasteiger charge is -2.32. The van der Waals surface area contributed by atoms with Gasteiger partial charge in [-0.1, -0.05) is 35.9 Å². The van der Waals surface area contributed by atoms with Gasteiger partial charge in [0.1, 0.15) is 0 Å².